The Morgan fingerprint density at radius 2 is 1.90 bits per heavy atom. The molecule has 146 valence electrons. The van der Waals surface area contributed by atoms with Crippen LogP contribution in [0.1, 0.15) is 16.5 Å². The fraction of sp³-hybridized carbons (Fsp3) is 0.143. The van der Waals surface area contributed by atoms with Crippen molar-refractivity contribution in [3.05, 3.63) is 82.8 Å². The maximum atomic E-state index is 12.7. The van der Waals surface area contributed by atoms with Gasteiger partial charge in [-0.15, -0.1) is 21.5 Å². The van der Waals surface area contributed by atoms with Gasteiger partial charge in [-0.05, 0) is 29.1 Å². The number of amides is 1. The van der Waals surface area contributed by atoms with Gasteiger partial charge >= 0.3 is 0 Å². The fourth-order valence-corrected chi connectivity index (χ4v) is 4.47. The molecule has 1 aromatic carbocycles. The summed E-state index contributed by atoms with van der Waals surface area (Å²) in [6.07, 6.45) is 3.44. The molecule has 0 radical (unpaired) electrons. The minimum Gasteiger partial charge on any atom is -0.344 e. The van der Waals surface area contributed by atoms with E-state index in [2.05, 4.69) is 20.5 Å². The van der Waals surface area contributed by atoms with E-state index < -0.39 is 0 Å². The summed E-state index contributed by atoms with van der Waals surface area (Å²) in [7, 11) is 1.90. The molecule has 29 heavy (non-hydrogen) atoms. The van der Waals surface area contributed by atoms with Crippen molar-refractivity contribution in [1.82, 2.24) is 25.1 Å². The quantitative estimate of drug-likeness (QED) is 0.458. The molecule has 4 rings (SSSR count). The van der Waals surface area contributed by atoms with Crippen molar-refractivity contribution < 1.29 is 4.79 Å². The van der Waals surface area contributed by atoms with Crippen molar-refractivity contribution in [3.8, 4) is 11.4 Å². The summed E-state index contributed by atoms with van der Waals surface area (Å²) < 4.78 is 1.89. The Balaban J connectivity index is 1.44. The zero-order valence-corrected chi connectivity index (χ0v) is 17.4. The summed E-state index contributed by atoms with van der Waals surface area (Å²) in [5.41, 5.74) is 2.00. The molecule has 0 saturated heterocycles. The van der Waals surface area contributed by atoms with Gasteiger partial charge in [0.1, 0.15) is 0 Å². The van der Waals surface area contributed by atoms with Crippen LogP contribution in [0.5, 0.6) is 0 Å². The minimum atomic E-state index is -0.156. The molecule has 1 atom stereocenters. The zero-order valence-electron chi connectivity index (χ0n) is 15.7. The first-order chi connectivity index (χ1) is 14.2. The van der Waals surface area contributed by atoms with E-state index in [0.29, 0.717) is 5.16 Å². The third-order valence-corrected chi connectivity index (χ3v) is 6.33. The average molecular weight is 422 g/mol. The monoisotopic (exact) mass is 421 g/mol. The lowest BCUT2D eigenvalue weighted by atomic mass is 10.1. The highest BCUT2D eigenvalue weighted by atomic mass is 32.2. The highest BCUT2D eigenvalue weighted by molar-refractivity contribution is 7.99. The highest BCUT2D eigenvalue weighted by Gasteiger charge is 2.19. The summed E-state index contributed by atoms with van der Waals surface area (Å²) in [6.45, 7) is 0. The number of pyridine rings is 1. The maximum Gasteiger partial charge on any atom is 0.231 e. The molecule has 0 fully saturated rings. The van der Waals surface area contributed by atoms with E-state index >= 15 is 0 Å². The lowest BCUT2D eigenvalue weighted by Gasteiger charge is -2.18. The number of thiophene rings is 1. The predicted molar refractivity (Wildman–Crippen MR) is 116 cm³/mol. The van der Waals surface area contributed by atoms with Crippen molar-refractivity contribution in [3.63, 3.8) is 0 Å². The summed E-state index contributed by atoms with van der Waals surface area (Å²) in [5, 5.41) is 14.3. The normalized spacial score (nSPS) is 11.9. The van der Waals surface area contributed by atoms with E-state index in [1.165, 1.54) is 11.8 Å². The predicted octanol–water partition coefficient (Wildman–Crippen LogP) is 3.94. The molecule has 0 aliphatic carbocycles. The first-order valence-corrected chi connectivity index (χ1v) is 10.9. The van der Waals surface area contributed by atoms with Crippen molar-refractivity contribution in [1.29, 1.82) is 0 Å². The molecule has 0 unspecified atom stereocenters. The molecule has 0 aliphatic rings. The molecule has 0 saturated carbocycles. The van der Waals surface area contributed by atoms with Crippen LogP contribution in [0.2, 0.25) is 0 Å². The first-order valence-electron chi connectivity index (χ1n) is 9.02. The van der Waals surface area contributed by atoms with Crippen LogP contribution >= 0.6 is 23.1 Å². The smallest absolute Gasteiger partial charge is 0.231 e. The molecule has 0 aliphatic heterocycles. The Bertz CT molecular complexity index is 1070. The van der Waals surface area contributed by atoms with Gasteiger partial charge in [0.05, 0.1) is 11.8 Å². The van der Waals surface area contributed by atoms with Gasteiger partial charge in [-0.3, -0.25) is 9.78 Å². The number of thioether (sulfide) groups is 1. The Morgan fingerprint density at radius 3 is 2.62 bits per heavy atom. The Labute approximate surface area is 177 Å². The molecule has 0 bridgehead atoms. The number of hydrogen-bond acceptors (Lipinski definition) is 6. The molecule has 3 aromatic heterocycles. The topological polar surface area (TPSA) is 72.7 Å². The van der Waals surface area contributed by atoms with Gasteiger partial charge in [0.15, 0.2) is 11.0 Å². The van der Waals surface area contributed by atoms with Crippen LogP contribution in [0.25, 0.3) is 11.4 Å². The van der Waals surface area contributed by atoms with E-state index in [1.54, 1.807) is 23.7 Å². The number of carbonyl (C=O) groups excluding carboxylic acids is 1. The molecule has 3 heterocycles. The number of hydrogen-bond donors (Lipinski definition) is 1. The van der Waals surface area contributed by atoms with E-state index in [0.717, 1.165) is 21.8 Å². The van der Waals surface area contributed by atoms with E-state index in [-0.39, 0.29) is 17.7 Å². The largest absolute Gasteiger partial charge is 0.344 e. The van der Waals surface area contributed by atoms with Gasteiger partial charge in [-0.1, -0.05) is 48.2 Å². The van der Waals surface area contributed by atoms with Crippen LogP contribution < -0.4 is 5.32 Å². The second-order valence-electron chi connectivity index (χ2n) is 6.32. The Kier molecular flexibility index (Phi) is 6.02. The molecule has 1 amide bonds. The van der Waals surface area contributed by atoms with Crippen molar-refractivity contribution in [2.24, 2.45) is 7.05 Å². The number of rotatable bonds is 7. The van der Waals surface area contributed by atoms with Gasteiger partial charge in [0.2, 0.25) is 5.91 Å². The van der Waals surface area contributed by atoms with Gasteiger partial charge in [0, 0.05) is 29.9 Å². The molecule has 0 spiro atoms. The molecule has 6 nitrogen and oxygen atoms in total. The summed E-state index contributed by atoms with van der Waals surface area (Å²) >= 11 is 3.00. The Morgan fingerprint density at radius 1 is 1.10 bits per heavy atom. The second-order valence-corrected chi connectivity index (χ2v) is 8.24. The van der Waals surface area contributed by atoms with Crippen LogP contribution in [0.15, 0.2) is 77.5 Å². The van der Waals surface area contributed by atoms with Crippen LogP contribution in [0, 0.1) is 0 Å². The van der Waals surface area contributed by atoms with Crippen molar-refractivity contribution in [2.45, 2.75) is 11.2 Å². The van der Waals surface area contributed by atoms with Crippen LogP contribution in [0.4, 0.5) is 0 Å². The van der Waals surface area contributed by atoms with E-state index in [4.69, 9.17) is 0 Å². The van der Waals surface area contributed by atoms with Gasteiger partial charge < -0.3 is 9.88 Å². The fourth-order valence-electron chi connectivity index (χ4n) is 2.95. The van der Waals surface area contributed by atoms with Gasteiger partial charge in [-0.2, -0.15) is 0 Å². The third-order valence-electron chi connectivity index (χ3n) is 4.37. The van der Waals surface area contributed by atoms with Crippen LogP contribution in [0.3, 0.4) is 0 Å². The second kappa shape index (κ2) is 9.02. The summed E-state index contributed by atoms with van der Waals surface area (Å²) in [5.74, 6) is 0.957. The lowest BCUT2D eigenvalue weighted by Crippen LogP contribution is -2.30. The molecule has 1 N–H and O–H groups in total. The molecular formula is C21H19N5OS2. The Hall–Kier alpha value is -2.97. The number of aromatic nitrogens is 4. The zero-order chi connectivity index (χ0) is 20.1. The lowest BCUT2D eigenvalue weighted by molar-refractivity contribution is -0.119. The standard InChI is InChI=1S/C21H19N5OS2/c1-26-20(16-9-11-22-12-10-16)24-25-21(26)29-14-18(27)23-19(17-8-5-13-28-17)15-6-3-2-4-7-15/h2-13,19H,14H2,1H3,(H,23,27)/t19-/m1/s1. The summed E-state index contributed by atoms with van der Waals surface area (Å²) in [6, 6.07) is 17.7. The minimum absolute atomic E-state index is 0.0503. The molecular weight excluding hydrogens is 402 g/mol. The average Bonchev–Trinajstić information content (AvgIpc) is 3.42. The maximum absolute atomic E-state index is 12.7. The van der Waals surface area contributed by atoms with E-state index in [9.17, 15) is 4.79 Å². The highest BCUT2D eigenvalue weighted by Crippen LogP contribution is 2.27. The molecule has 8 heteroatoms. The first kappa shape index (κ1) is 19.4. The summed E-state index contributed by atoms with van der Waals surface area (Å²) in [4.78, 5) is 17.8. The van der Waals surface area contributed by atoms with Crippen LogP contribution in [-0.2, 0) is 11.8 Å². The number of benzene rings is 1. The SMILES string of the molecule is Cn1c(SCC(=O)N[C@H](c2ccccc2)c2cccs2)nnc1-c1ccncc1. The van der Waals surface area contributed by atoms with Crippen molar-refractivity contribution in [2.75, 3.05) is 5.75 Å². The van der Waals surface area contributed by atoms with Crippen molar-refractivity contribution >= 4 is 29.0 Å². The third kappa shape index (κ3) is 4.55. The number of carbonyl (C=O) groups is 1. The van der Waals surface area contributed by atoms with E-state index in [1.807, 2.05) is 71.6 Å². The van der Waals surface area contributed by atoms with Gasteiger partial charge in [-0.25, -0.2) is 0 Å². The molecule has 4 aromatic rings. The number of nitrogens with zero attached hydrogens (tertiary/aromatic N) is 4. The number of nitrogens with one attached hydrogen (secondary N) is 1. The van der Waals surface area contributed by atoms with Gasteiger partial charge in [0.25, 0.3) is 0 Å². The van der Waals surface area contributed by atoms with Crippen LogP contribution in [-0.4, -0.2) is 31.4 Å².